The Hall–Kier alpha value is -3.14. The van der Waals surface area contributed by atoms with E-state index in [1.807, 2.05) is 0 Å². The minimum Gasteiger partial charge on any atom is -0.390 e. The summed E-state index contributed by atoms with van der Waals surface area (Å²) in [6, 6.07) is 7.33. The van der Waals surface area contributed by atoms with Gasteiger partial charge in [0.1, 0.15) is 22.2 Å². The fourth-order valence-corrected chi connectivity index (χ4v) is 7.25. The molecular formula is C27H21F9O5S. The Morgan fingerprint density at radius 3 is 1.69 bits per heavy atom. The number of rotatable bonds is 7. The van der Waals surface area contributed by atoms with Crippen LogP contribution in [0.4, 0.5) is 39.5 Å². The maximum Gasteiger partial charge on any atom is 0.430 e. The summed E-state index contributed by atoms with van der Waals surface area (Å²) >= 11 is 0. The number of aliphatic hydroxyl groups excluding tert-OH is 2. The van der Waals surface area contributed by atoms with Gasteiger partial charge in [0.05, 0.1) is 23.7 Å². The number of benzene rings is 3. The lowest BCUT2D eigenvalue weighted by atomic mass is 9.88. The highest BCUT2D eigenvalue weighted by Crippen LogP contribution is 2.54. The zero-order valence-electron chi connectivity index (χ0n) is 21.1. The molecule has 3 aromatic carbocycles. The van der Waals surface area contributed by atoms with Gasteiger partial charge in [0, 0.05) is 11.1 Å². The molecule has 2 N–H and O–H groups in total. The normalized spacial score (nSPS) is 22.0. The highest BCUT2D eigenvalue weighted by Gasteiger charge is 2.73. The van der Waals surface area contributed by atoms with Crippen molar-refractivity contribution < 1.29 is 62.9 Å². The largest absolute Gasteiger partial charge is 0.430 e. The molecule has 3 aromatic rings. The van der Waals surface area contributed by atoms with Crippen LogP contribution in [0.25, 0.3) is 0 Å². The third-order valence-electron chi connectivity index (χ3n) is 7.27. The zero-order valence-corrected chi connectivity index (χ0v) is 21.9. The van der Waals surface area contributed by atoms with E-state index in [4.69, 9.17) is 0 Å². The van der Waals surface area contributed by atoms with Crippen LogP contribution < -0.4 is 0 Å². The Morgan fingerprint density at radius 1 is 0.762 bits per heavy atom. The molecule has 5 nitrogen and oxygen atoms in total. The second-order valence-electron chi connectivity index (χ2n) is 9.74. The van der Waals surface area contributed by atoms with Crippen molar-refractivity contribution in [3.05, 3.63) is 101 Å². The Kier molecular flexibility index (Phi) is 8.21. The second kappa shape index (κ2) is 10.8. The van der Waals surface area contributed by atoms with E-state index in [-0.39, 0.29) is 5.56 Å². The Balaban J connectivity index is 1.85. The van der Waals surface area contributed by atoms with E-state index < -0.39 is 97.7 Å². The summed E-state index contributed by atoms with van der Waals surface area (Å²) in [6.07, 6.45) is -17.1. The van der Waals surface area contributed by atoms with Crippen LogP contribution in [-0.2, 0) is 31.5 Å². The standard InChI is InChI=1S/C27H21F9O5S/c28-17-8-10-18(11-9-17)42(39,40)24(12-22(37)23(38)13-24)15-4-6-16(7-5-15)25(26(31,32)33,27(34,35)36)41-14-19-20(29)2-1-3-21(19)30/h1-11,22-23,37-38H,12-14H2. The molecule has 0 saturated heterocycles. The first kappa shape index (κ1) is 31.8. The Labute approximate surface area is 233 Å². The lowest BCUT2D eigenvalue weighted by molar-refractivity contribution is -0.392. The first-order valence-corrected chi connectivity index (χ1v) is 13.5. The molecule has 0 heterocycles. The predicted molar refractivity (Wildman–Crippen MR) is 128 cm³/mol. The number of hydrogen-bond donors (Lipinski definition) is 2. The minimum absolute atomic E-state index is 0.299. The van der Waals surface area contributed by atoms with Crippen LogP contribution in [-0.4, -0.2) is 43.2 Å². The van der Waals surface area contributed by atoms with Crippen LogP contribution in [0, 0.1) is 17.5 Å². The van der Waals surface area contributed by atoms with Gasteiger partial charge in [-0.25, -0.2) is 21.6 Å². The van der Waals surface area contributed by atoms with Crippen molar-refractivity contribution in [2.45, 2.75) is 59.3 Å². The number of halogens is 9. The van der Waals surface area contributed by atoms with Gasteiger partial charge in [0.15, 0.2) is 9.84 Å². The molecule has 4 rings (SSSR count). The van der Waals surface area contributed by atoms with Gasteiger partial charge >= 0.3 is 12.4 Å². The Bertz CT molecular complexity index is 1490. The summed E-state index contributed by atoms with van der Waals surface area (Å²) in [5, 5.41) is 20.4. The van der Waals surface area contributed by atoms with Gasteiger partial charge in [0.25, 0.3) is 5.60 Å². The molecule has 1 fully saturated rings. The summed E-state index contributed by atoms with van der Waals surface area (Å²) in [4.78, 5) is -0.482. The van der Waals surface area contributed by atoms with E-state index in [0.717, 1.165) is 30.3 Å². The molecule has 42 heavy (non-hydrogen) atoms. The topological polar surface area (TPSA) is 83.8 Å². The average molecular weight is 629 g/mol. The van der Waals surface area contributed by atoms with Crippen molar-refractivity contribution >= 4 is 9.84 Å². The summed E-state index contributed by atoms with van der Waals surface area (Å²) in [6.45, 7) is -1.78. The quantitative estimate of drug-likeness (QED) is 0.255. The SMILES string of the molecule is O=S(=O)(c1ccc(F)cc1)C1(c2ccc(C(OCc3c(F)cccc3F)(C(F)(F)F)C(F)(F)F)cc2)CC(O)C(O)C1. The van der Waals surface area contributed by atoms with E-state index >= 15 is 0 Å². The number of sulfone groups is 1. The van der Waals surface area contributed by atoms with E-state index in [0.29, 0.717) is 36.4 Å². The van der Waals surface area contributed by atoms with E-state index in [1.165, 1.54) is 0 Å². The highest BCUT2D eigenvalue weighted by molar-refractivity contribution is 7.92. The second-order valence-corrected chi connectivity index (χ2v) is 12.0. The van der Waals surface area contributed by atoms with Gasteiger partial charge in [-0.2, -0.15) is 26.3 Å². The lowest BCUT2D eigenvalue weighted by Crippen LogP contribution is -2.56. The number of hydrogen-bond acceptors (Lipinski definition) is 5. The monoisotopic (exact) mass is 628 g/mol. The molecule has 1 saturated carbocycles. The van der Waals surface area contributed by atoms with Gasteiger partial charge in [-0.15, -0.1) is 0 Å². The van der Waals surface area contributed by atoms with Crippen LogP contribution in [0.1, 0.15) is 29.5 Å². The van der Waals surface area contributed by atoms with Crippen LogP contribution >= 0.6 is 0 Å². The molecule has 2 atom stereocenters. The molecule has 228 valence electrons. The fourth-order valence-electron chi connectivity index (χ4n) is 5.08. The van der Waals surface area contributed by atoms with Crippen molar-refractivity contribution in [3.8, 4) is 0 Å². The molecule has 15 heteroatoms. The molecule has 0 bridgehead atoms. The van der Waals surface area contributed by atoms with E-state index in [1.54, 1.807) is 0 Å². The summed E-state index contributed by atoms with van der Waals surface area (Å²) in [5.74, 6) is -3.70. The third-order valence-corrected chi connectivity index (χ3v) is 9.76. The molecule has 2 unspecified atom stereocenters. The number of aliphatic hydroxyl groups is 2. The molecule has 0 aromatic heterocycles. The van der Waals surface area contributed by atoms with Gasteiger partial charge in [-0.1, -0.05) is 30.3 Å². The average Bonchev–Trinajstić information content (AvgIpc) is 3.20. The zero-order chi connectivity index (χ0) is 31.3. The molecule has 0 spiro atoms. The van der Waals surface area contributed by atoms with Crippen LogP contribution in [0.2, 0.25) is 0 Å². The minimum atomic E-state index is -6.23. The van der Waals surface area contributed by atoms with Crippen molar-refractivity contribution in [1.29, 1.82) is 0 Å². The van der Waals surface area contributed by atoms with Gasteiger partial charge in [-0.05, 0) is 54.8 Å². The molecule has 0 radical (unpaired) electrons. The first-order chi connectivity index (χ1) is 19.4. The van der Waals surface area contributed by atoms with Gasteiger partial charge in [0.2, 0.25) is 0 Å². The van der Waals surface area contributed by atoms with Crippen molar-refractivity contribution in [1.82, 2.24) is 0 Å². The first-order valence-electron chi connectivity index (χ1n) is 12.0. The van der Waals surface area contributed by atoms with E-state index in [9.17, 15) is 58.1 Å². The summed E-state index contributed by atoms with van der Waals surface area (Å²) in [5.41, 5.74) is -8.27. The molecule has 0 amide bonds. The third kappa shape index (κ3) is 5.16. The van der Waals surface area contributed by atoms with Crippen molar-refractivity contribution in [2.24, 2.45) is 0 Å². The summed E-state index contributed by atoms with van der Waals surface area (Å²) < 4.78 is 156. The molecule has 0 aliphatic heterocycles. The van der Waals surface area contributed by atoms with Gasteiger partial charge < -0.3 is 14.9 Å². The van der Waals surface area contributed by atoms with Gasteiger partial charge in [-0.3, -0.25) is 0 Å². The van der Waals surface area contributed by atoms with Crippen molar-refractivity contribution in [3.63, 3.8) is 0 Å². The summed E-state index contributed by atoms with van der Waals surface area (Å²) in [7, 11) is -4.64. The van der Waals surface area contributed by atoms with Crippen LogP contribution in [0.3, 0.4) is 0 Å². The Morgan fingerprint density at radius 2 is 1.24 bits per heavy atom. The van der Waals surface area contributed by atoms with Crippen molar-refractivity contribution in [2.75, 3.05) is 0 Å². The fraction of sp³-hybridized carbons (Fsp3) is 0.333. The van der Waals surface area contributed by atoms with E-state index in [2.05, 4.69) is 4.74 Å². The number of alkyl halides is 6. The predicted octanol–water partition coefficient (Wildman–Crippen LogP) is 5.83. The molecular weight excluding hydrogens is 607 g/mol. The maximum atomic E-state index is 14.3. The highest BCUT2D eigenvalue weighted by atomic mass is 32.2. The van der Waals surface area contributed by atoms with Crippen LogP contribution in [0.15, 0.2) is 71.6 Å². The molecule has 1 aliphatic rings. The van der Waals surface area contributed by atoms with Crippen LogP contribution in [0.5, 0.6) is 0 Å². The molecule has 1 aliphatic carbocycles. The number of ether oxygens (including phenoxy) is 1. The smallest absolute Gasteiger partial charge is 0.390 e. The maximum absolute atomic E-state index is 14.3. The lowest BCUT2D eigenvalue weighted by Gasteiger charge is -2.38.